The van der Waals surface area contributed by atoms with Crippen LogP contribution in [0.25, 0.3) is 44.8 Å². The summed E-state index contributed by atoms with van der Waals surface area (Å²) in [5.74, 6) is 1.46. The average Bonchev–Trinajstić information content (AvgIpc) is 3.30. The number of benzene rings is 3. The van der Waals surface area contributed by atoms with Gasteiger partial charge in [-0.15, -0.1) is 0 Å². The smallest absolute Gasteiger partial charge is 0.190 e. The lowest BCUT2D eigenvalue weighted by atomic mass is 10.1. The van der Waals surface area contributed by atoms with Crippen molar-refractivity contribution in [3.63, 3.8) is 0 Å². The Morgan fingerprint density at radius 2 is 1.18 bits per heavy atom. The van der Waals surface area contributed by atoms with E-state index >= 15 is 0 Å². The second-order valence-electron chi connectivity index (χ2n) is 8.05. The molecule has 8 N–H and O–H groups in total. The van der Waals surface area contributed by atoms with Crippen molar-refractivity contribution >= 4 is 45.4 Å². The largest absolute Gasteiger partial charge is 0.370 e. The van der Waals surface area contributed by atoms with E-state index in [1.807, 2.05) is 83.9 Å². The molecular weight excluding hydrogens is 428 g/mol. The lowest BCUT2D eigenvalue weighted by Crippen LogP contribution is -2.20. The molecule has 5 rings (SSSR count). The van der Waals surface area contributed by atoms with E-state index in [0.717, 1.165) is 56.2 Å². The van der Waals surface area contributed by atoms with E-state index in [1.54, 1.807) is 0 Å². The summed E-state index contributed by atoms with van der Waals surface area (Å²) in [6.07, 6.45) is 0. The first-order valence-electron chi connectivity index (χ1n) is 10.6. The fraction of sp³-hybridized carbons (Fsp3) is 0.0833. The summed E-state index contributed by atoms with van der Waals surface area (Å²) in [6.45, 7) is 0. The number of hydrogen-bond acceptors (Lipinski definition) is 4. The predicted octanol–water partition coefficient (Wildman–Crippen LogP) is 3.40. The van der Waals surface area contributed by atoms with Gasteiger partial charge in [-0.05, 0) is 36.4 Å². The molecule has 0 saturated heterocycles. The number of fused-ring (bicyclic) bond motifs is 2. The van der Waals surface area contributed by atoms with Crippen LogP contribution in [-0.2, 0) is 14.1 Å². The first-order valence-corrected chi connectivity index (χ1v) is 10.6. The van der Waals surface area contributed by atoms with Gasteiger partial charge in [0.2, 0.25) is 0 Å². The van der Waals surface area contributed by atoms with E-state index in [0.29, 0.717) is 0 Å². The van der Waals surface area contributed by atoms with Crippen molar-refractivity contribution in [2.75, 3.05) is 10.6 Å². The molecule has 0 saturated carbocycles. The second-order valence-corrected chi connectivity index (χ2v) is 8.05. The molecule has 3 aromatic carbocycles. The number of rotatable bonds is 4. The van der Waals surface area contributed by atoms with E-state index in [2.05, 4.69) is 10.6 Å². The number of imidazole rings is 2. The minimum Gasteiger partial charge on any atom is -0.370 e. The number of aryl methyl sites for hydroxylation is 2. The van der Waals surface area contributed by atoms with Crippen LogP contribution in [0.15, 0.2) is 60.7 Å². The highest BCUT2D eigenvalue weighted by atomic mass is 15.1. The number of nitrogens with one attached hydrogen (secondary N) is 4. The molecule has 0 radical (unpaired) electrons. The molecule has 0 unspecified atom stereocenters. The maximum absolute atomic E-state index is 7.43. The van der Waals surface area contributed by atoms with Gasteiger partial charge in [0.1, 0.15) is 11.6 Å². The van der Waals surface area contributed by atoms with Crippen molar-refractivity contribution in [3.05, 3.63) is 60.7 Å². The Morgan fingerprint density at radius 1 is 0.676 bits per heavy atom. The lowest BCUT2D eigenvalue weighted by molar-refractivity contribution is 0.956. The van der Waals surface area contributed by atoms with Crippen LogP contribution in [0, 0.1) is 10.8 Å². The van der Waals surface area contributed by atoms with Crippen LogP contribution in [0.3, 0.4) is 0 Å². The number of aromatic nitrogens is 4. The van der Waals surface area contributed by atoms with Crippen LogP contribution in [-0.4, -0.2) is 31.0 Å². The number of nitrogens with zero attached hydrogens (tertiary/aromatic N) is 4. The Hall–Kier alpha value is -4.86. The summed E-state index contributed by atoms with van der Waals surface area (Å²) in [5, 5.41) is 20.5. The van der Waals surface area contributed by atoms with Gasteiger partial charge < -0.3 is 31.2 Å². The summed E-state index contributed by atoms with van der Waals surface area (Å²) < 4.78 is 4.06. The number of nitrogens with two attached hydrogens (primary N) is 2. The van der Waals surface area contributed by atoms with Gasteiger partial charge in [0.25, 0.3) is 0 Å². The number of hydrogen-bond donors (Lipinski definition) is 6. The van der Waals surface area contributed by atoms with Gasteiger partial charge in [-0.25, -0.2) is 9.97 Å². The molecule has 5 aromatic rings. The standard InChI is InChI=1S/C24H24N10/c1-33-19-10-8-15(29-23(25)26)11-18(19)32-22(33)14-5-3-13(4-6-14)21-31-17-9-7-16(30-24(27)28)12-20(17)34(21)2/h3-12H,1-2H3,(H4,25,26,29)(H4,27,28,30). The zero-order chi connectivity index (χ0) is 24.0. The third-order valence-electron chi connectivity index (χ3n) is 5.72. The highest BCUT2D eigenvalue weighted by Gasteiger charge is 2.14. The minimum absolute atomic E-state index is 0.106. The maximum Gasteiger partial charge on any atom is 0.190 e. The Balaban J connectivity index is 1.49. The number of guanidine groups is 2. The summed E-state index contributed by atoms with van der Waals surface area (Å²) >= 11 is 0. The molecule has 0 spiro atoms. The quantitative estimate of drug-likeness (QED) is 0.181. The predicted molar refractivity (Wildman–Crippen MR) is 137 cm³/mol. The van der Waals surface area contributed by atoms with Crippen molar-refractivity contribution in [3.8, 4) is 22.8 Å². The SMILES string of the molecule is Cn1c(-c2ccc(-c3nc4ccc(NC(=N)N)cc4n3C)cc2)nc2cc(NC(=N)N)ccc21. The van der Waals surface area contributed by atoms with Gasteiger partial charge in [-0.1, -0.05) is 24.3 Å². The summed E-state index contributed by atoms with van der Waals surface area (Å²) in [5.41, 5.74) is 17.9. The van der Waals surface area contributed by atoms with Crippen LogP contribution in [0.1, 0.15) is 0 Å². The summed E-state index contributed by atoms with van der Waals surface area (Å²) in [4.78, 5) is 9.58. The van der Waals surface area contributed by atoms with Gasteiger partial charge in [-0.3, -0.25) is 10.8 Å². The summed E-state index contributed by atoms with van der Waals surface area (Å²) in [7, 11) is 3.95. The normalized spacial score (nSPS) is 11.1. The molecule has 34 heavy (non-hydrogen) atoms. The number of anilines is 2. The molecule has 0 fully saturated rings. The van der Waals surface area contributed by atoms with Gasteiger partial charge in [0.15, 0.2) is 11.9 Å². The van der Waals surface area contributed by atoms with Gasteiger partial charge in [0, 0.05) is 36.6 Å². The molecular formula is C24H24N10. The lowest BCUT2D eigenvalue weighted by Gasteiger charge is -2.06. The Kier molecular flexibility index (Phi) is 4.90. The first-order chi connectivity index (χ1) is 16.3. The van der Waals surface area contributed by atoms with E-state index in [-0.39, 0.29) is 11.9 Å². The van der Waals surface area contributed by atoms with Crippen molar-refractivity contribution in [1.29, 1.82) is 10.8 Å². The molecule has 0 bridgehead atoms. The van der Waals surface area contributed by atoms with Gasteiger partial charge in [0.05, 0.1) is 22.1 Å². The van der Waals surface area contributed by atoms with Crippen LogP contribution in [0.4, 0.5) is 11.4 Å². The van der Waals surface area contributed by atoms with Crippen LogP contribution in [0.5, 0.6) is 0 Å². The topological polar surface area (TPSA) is 159 Å². The summed E-state index contributed by atoms with van der Waals surface area (Å²) in [6, 6.07) is 19.5. The van der Waals surface area contributed by atoms with Gasteiger partial charge in [-0.2, -0.15) is 0 Å². The molecule has 0 aliphatic heterocycles. The third-order valence-corrected chi connectivity index (χ3v) is 5.72. The van der Waals surface area contributed by atoms with Crippen molar-refractivity contribution in [1.82, 2.24) is 19.1 Å². The molecule has 0 aliphatic carbocycles. The monoisotopic (exact) mass is 452 g/mol. The highest BCUT2D eigenvalue weighted by Crippen LogP contribution is 2.29. The van der Waals surface area contributed by atoms with Crippen molar-refractivity contribution in [2.45, 2.75) is 0 Å². The Labute approximate surface area is 195 Å². The Bertz CT molecular complexity index is 1550. The molecule has 0 atom stereocenters. The minimum atomic E-state index is -0.112. The van der Waals surface area contributed by atoms with Crippen LogP contribution < -0.4 is 22.1 Å². The van der Waals surface area contributed by atoms with Crippen LogP contribution >= 0.6 is 0 Å². The van der Waals surface area contributed by atoms with E-state index in [9.17, 15) is 0 Å². The fourth-order valence-electron chi connectivity index (χ4n) is 4.14. The van der Waals surface area contributed by atoms with Crippen molar-refractivity contribution in [2.24, 2.45) is 25.6 Å². The highest BCUT2D eigenvalue weighted by molar-refractivity contribution is 5.94. The van der Waals surface area contributed by atoms with Crippen molar-refractivity contribution < 1.29 is 0 Å². The van der Waals surface area contributed by atoms with E-state index < -0.39 is 0 Å². The van der Waals surface area contributed by atoms with Crippen LogP contribution in [0.2, 0.25) is 0 Å². The third kappa shape index (κ3) is 3.66. The second kappa shape index (κ2) is 7.93. The molecule has 0 aliphatic rings. The first kappa shape index (κ1) is 21.0. The maximum atomic E-state index is 7.43. The zero-order valence-corrected chi connectivity index (χ0v) is 18.7. The molecule has 2 heterocycles. The molecule has 10 heteroatoms. The average molecular weight is 453 g/mol. The van der Waals surface area contributed by atoms with E-state index in [1.165, 1.54) is 0 Å². The van der Waals surface area contributed by atoms with Gasteiger partial charge >= 0.3 is 0 Å². The zero-order valence-electron chi connectivity index (χ0n) is 18.7. The van der Waals surface area contributed by atoms with E-state index in [4.69, 9.17) is 32.3 Å². The molecule has 10 nitrogen and oxygen atoms in total. The molecule has 170 valence electrons. The molecule has 2 aromatic heterocycles. The Morgan fingerprint density at radius 3 is 1.76 bits per heavy atom. The molecule has 0 amide bonds. The fourth-order valence-corrected chi connectivity index (χ4v) is 4.14.